The van der Waals surface area contributed by atoms with Gasteiger partial charge in [0.25, 0.3) is 0 Å². The van der Waals surface area contributed by atoms with Crippen LogP contribution in [0.1, 0.15) is 20.8 Å². The third-order valence-electron chi connectivity index (χ3n) is 1.21. The molecule has 0 aromatic carbocycles. The van der Waals surface area contributed by atoms with E-state index >= 15 is 0 Å². The summed E-state index contributed by atoms with van der Waals surface area (Å²) < 4.78 is 5.03. The van der Waals surface area contributed by atoms with Gasteiger partial charge in [-0.25, -0.2) is 10.3 Å². The van der Waals surface area contributed by atoms with E-state index in [1.54, 1.807) is 32.9 Å². The number of carbonyl (C=O) groups excluding carboxylic acids is 1. The molecule has 0 radical (unpaired) electrons. The lowest BCUT2D eigenvalue weighted by molar-refractivity contribution is 0.0515. The highest BCUT2D eigenvalue weighted by molar-refractivity contribution is 5.69. The predicted octanol–water partition coefficient (Wildman–Crippen LogP) is 1.40. The number of hydroxylamine groups is 1. The van der Waals surface area contributed by atoms with Crippen LogP contribution in [-0.2, 0) is 9.57 Å². The number of nitrogens with one attached hydrogen (secondary N) is 2. The van der Waals surface area contributed by atoms with Crippen LogP contribution in [0.4, 0.5) is 4.79 Å². The highest BCUT2D eigenvalue weighted by atomic mass is 16.6. The van der Waals surface area contributed by atoms with E-state index in [1.165, 1.54) is 6.26 Å². The van der Waals surface area contributed by atoms with Crippen molar-refractivity contribution in [2.45, 2.75) is 26.4 Å². The van der Waals surface area contributed by atoms with Crippen molar-refractivity contribution in [3.05, 3.63) is 24.2 Å². The smallest absolute Gasteiger partial charge is 0.413 e. The molecule has 0 aromatic rings. The van der Waals surface area contributed by atoms with Gasteiger partial charge in [0.05, 0.1) is 0 Å². The fourth-order valence-electron chi connectivity index (χ4n) is 0.787. The fraction of sp³-hybridized carbons (Fsp3) is 0.444. The van der Waals surface area contributed by atoms with E-state index in [-0.39, 0.29) is 0 Å². The zero-order chi connectivity index (χ0) is 10.6. The summed E-state index contributed by atoms with van der Waals surface area (Å²) in [5, 5.41) is 2.49. The van der Waals surface area contributed by atoms with E-state index in [4.69, 9.17) is 9.57 Å². The van der Waals surface area contributed by atoms with Gasteiger partial charge in [-0.05, 0) is 32.9 Å². The Balaban J connectivity index is 2.41. The second-order valence-electron chi connectivity index (χ2n) is 3.76. The van der Waals surface area contributed by atoms with Crippen molar-refractivity contribution in [2.24, 2.45) is 0 Å². The summed E-state index contributed by atoms with van der Waals surface area (Å²) >= 11 is 0. The Morgan fingerprint density at radius 3 is 2.79 bits per heavy atom. The van der Waals surface area contributed by atoms with E-state index in [9.17, 15) is 4.79 Å². The molecule has 5 nitrogen and oxygen atoms in total. The molecule has 0 unspecified atom stereocenters. The van der Waals surface area contributed by atoms with Crippen molar-refractivity contribution in [2.75, 3.05) is 0 Å². The summed E-state index contributed by atoms with van der Waals surface area (Å²) in [6.45, 7) is 5.39. The quantitative estimate of drug-likeness (QED) is 0.668. The molecule has 0 atom stereocenters. The second kappa shape index (κ2) is 4.04. The summed E-state index contributed by atoms with van der Waals surface area (Å²) in [5.41, 5.74) is 1.99. The zero-order valence-corrected chi connectivity index (χ0v) is 8.46. The minimum atomic E-state index is -0.518. The third kappa shape index (κ3) is 3.84. The number of rotatable bonds is 1. The molecule has 0 fully saturated rings. The standard InChI is InChI=1S/C9H14N2O3/c1-9(2,3)14-8(12)10-7-5-4-6-13-11-7/h4-6,11H,1-3H3,(H,10,12). The molecule has 5 heteroatoms. The highest BCUT2D eigenvalue weighted by Crippen LogP contribution is 2.07. The minimum absolute atomic E-state index is 0.446. The van der Waals surface area contributed by atoms with Crippen LogP contribution in [0.2, 0.25) is 0 Å². The second-order valence-corrected chi connectivity index (χ2v) is 3.76. The van der Waals surface area contributed by atoms with Crippen molar-refractivity contribution >= 4 is 6.09 Å². The van der Waals surface area contributed by atoms with Crippen LogP contribution in [0.15, 0.2) is 24.2 Å². The first-order chi connectivity index (χ1) is 6.47. The van der Waals surface area contributed by atoms with Crippen LogP contribution in [-0.4, -0.2) is 11.7 Å². The number of amides is 1. The van der Waals surface area contributed by atoms with Crippen LogP contribution in [0.25, 0.3) is 0 Å². The van der Waals surface area contributed by atoms with Crippen molar-refractivity contribution in [1.82, 2.24) is 10.8 Å². The Morgan fingerprint density at radius 2 is 2.29 bits per heavy atom. The van der Waals surface area contributed by atoms with E-state index in [2.05, 4.69) is 10.8 Å². The maximum Gasteiger partial charge on any atom is 0.413 e. The SMILES string of the molecule is CC(C)(C)OC(=O)NC1=CC=CON1. The zero-order valence-electron chi connectivity index (χ0n) is 8.46. The van der Waals surface area contributed by atoms with Crippen LogP contribution in [0.5, 0.6) is 0 Å². The molecule has 0 spiro atoms. The first-order valence-electron chi connectivity index (χ1n) is 4.26. The lowest BCUT2D eigenvalue weighted by Crippen LogP contribution is -2.36. The van der Waals surface area contributed by atoms with Gasteiger partial charge < -0.3 is 9.57 Å². The lowest BCUT2D eigenvalue weighted by Gasteiger charge is -2.20. The number of alkyl carbamates (subject to hydrolysis) is 1. The number of allylic oxidation sites excluding steroid dienone is 2. The molecule has 1 heterocycles. The third-order valence-corrected chi connectivity index (χ3v) is 1.21. The summed E-state index contributed by atoms with van der Waals surface area (Å²) in [7, 11) is 0. The van der Waals surface area contributed by atoms with E-state index in [0.717, 1.165) is 0 Å². The monoisotopic (exact) mass is 198 g/mol. The molecule has 0 saturated heterocycles. The van der Waals surface area contributed by atoms with E-state index < -0.39 is 11.7 Å². The van der Waals surface area contributed by atoms with Gasteiger partial charge in [-0.15, -0.1) is 0 Å². The Bertz CT molecular complexity index is 276. The van der Waals surface area contributed by atoms with Crippen molar-refractivity contribution in [3.8, 4) is 0 Å². The predicted molar refractivity (Wildman–Crippen MR) is 50.8 cm³/mol. The van der Waals surface area contributed by atoms with Gasteiger partial charge in [-0.1, -0.05) is 0 Å². The summed E-state index contributed by atoms with van der Waals surface area (Å²) in [6, 6.07) is 0. The molecule has 1 amide bonds. The average molecular weight is 198 g/mol. The lowest BCUT2D eigenvalue weighted by atomic mass is 10.2. The molecular formula is C9H14N2O3. The summed E-state index contributed by atoms with van der Waals surface area (Å²) in [5.74, 6) is 0.446. The highest BCUT2D eigenvalue weighted by Gasteiger charge is 2.16. The Hall–Kier alpha value is -1.65. The van der Waals surface area contributed by atoms with E-state index in [1.807, 2.05) is 0 Å². The molecule has 1 aliphatic rings. The first-order valence-corrected chi connectivity index (χ1v) is 4.26. The van der Waals surface area contributed by atoms with Crippen LogP contribution >= 0.6 is 0 Å². The molecule has 0 bridgehead atoms. The number of ether oxygens (including phenoxy) is 1. The van der Waals surface area contributed by atoms with Crippen molar-refractivity contribution in [3.63, 3.8) is 0 Å². The molecule has 78 valence electrons. The maximum absolute atomic E-state index is 11.2. The Kier molecular flexibility index (Phi) is 3.01. The van der Waals surface area contributed by atoms with Crippen LogP contribution < -0.4 is 10.8 Å². The molecule has 1 rings (SSSR count). The number of carbonyl (C=O) groups is 1. The van der Waals surface area contributed by atoms with Crippen LogP contribution in [0.3, 0.4) is 0 Å². The van der Waals surface area contributed by atoms with Crippen molar-refractivity contribution in [1.29, 1.82) is 0 Å². The van der Waals surface area contributed by atoms with Gasteiger partial charge in [0.1, 0.15) is 17.7 Å². The van der Waals surface area contributed by atoms with Gasteiger partial charge in [0, 0.05) is 0 Å². The minimum Gasteiger partial charge on any atom is -0.444 e. The summed E-state index contributed by atoms with van der Waals surface area (Å²) in [6.07, 6.45) is 4.26. The molecule has 0 aliphatic carbocycles. The Labute approximate surface area is 82.7 Å². The Morgan fingerprint density at radius 1 is 1.57 bits per heavy atom. The molecule has 2 N–H and O–H groups in total. The molecular weight excluding hydrogens is 184 g/mol. The fourth-order valence-corrected chi connectivity index (χ4v) is 0.787. The molecule has 1 aliphatic heterocycles. The first kappa shape index (κ1) is 10.4. The van der Waals surface area contributed by atoms with Gasteiger partial charge in [-0.3, -0.25) is 5.32 Å². The molecule has 0 saturated carbocycles. The summed E-state index contributed by atoms with van der Waals surface area (Å²) in [4.78, 5) is 16.0. The van der Waals surface area contributed by atoms with Crippen LogP contribution in [0, 0.1) is 0 Å². The van der Waals surface area contributed by atoms with Crippen molar-refractivity contribution < 1.29 is 14.4 Å². The van der Waals surface area contributed by atoms with Gasteiger partial charge in [0.2, 0.25) is 0 Å². The van der Waals surface area contributed by atoms with Gasteiger partial charge in [0.15, 0.2) is 0 Å². The topological polar surface area (TPSA) is 59.6 Å². The van der Waals surface area contributed by atoms with E-state index in [0.29, 0.717) is 5.82 Å². The van der Waals surface area contributed by atoms with Gasteiger partial charge >= 0.3 is 6.09 Å². The molecule has 0 aromatic heterocycles. The number of hydrogen-bond donors (Lipinski definition) is 2. The normalized spacial score (nSPS) is 14.9. The maximum atomic E-state index is 11.2. The molecule has 14 heavy (non-hydrogen) atoms. The van der Waals surface area contributed by atoms with Gasteiger partial charge in [-0.2, -0.15) is 0 Å². The number of hydrogen-bond acceptors (Lipinski definition) is 4. The largest absolute Gasteiger partial charge is 0.444 e. The average Bonchev–Trinajstić information content (AvgIpc) is 2.02.